The Kier molecular flexibility index (Phi) is 6.16. The lowest BCUT2D eigenvalue weighted by Crippen LogP contribution is -2.63. The third-order valence-corrected chi connectivity index (χ3v) is 3.85. The van der Waals surface area contributed by atoms with Crippen LogP contribution >= 0.6 is 0 Å². The number of esters is 1. The number of hydrogen-bond donors (Lipinski definition) is 4. The van der Waals surface area contributed by atoms with Crippen LogP contribution in [0.15, 0.2) is 18.2 Å². The van der Waals surface area contributed by atoms with Crippen molar-refractivity contribution in [1.29, 1.82) is 0 Å². The van der Waals surface area contributed by atoms with Crippen molar-refractivity contribution in [2.75, 3.05) is 5.75 Å². The molecular weight excluding hydrogens is 430 g/mol. The number of phenols is 3. The summed E-state index contributed by atoms with van der Waals surface area (Å²) in [7, 11) is -5.91. The molecule has 8 nitrogen and oxygen atoms in total. The summed E-state index contributed by atoms with van der Waals surface area (Å²) in [4.78, 5) is 11.5. The highest BCUT2D eigenvalue weighted by Crippen LogP contribution is 2.47. The zero-order valence-corrected chi connectivity index (χ0v) is 13.9. The van der Waals surface area contributed by atoms with Crippen LogP contribution in [0, 0.1) is 0 Å². The normalized spacial score (nSPS) is 13.7. The summed E-state index contributed by atoms with van der Waals surface area (Å²) in [6.45, 7) is 0. The van der Waals surface area contributed by atoms with Crippen LogP contribution < -0.4 is 0 Å². The largest absolute Gasteiger partial charge is 0.504 e. The average Bonchev–Trinajstić information content (AvgIpc) is 2.46. The fourth-order valence-electron chi connectivity index (χ4n) is 1.82. The zero-order valence-electron chi connectivity index (χ0n) is 13.1. The smallest absolute Gasteiger partial charge is 0.438 e. The maximum Gasteiger partial charge on any atom is 0.438 e. The van der Waals surface area contributed by atoms with Gasteiger partial charge in [0.15, 0.2) is 17.2 Å². The van der Waals surface area contributed by atoms with Crippen molar-refractivity contribution in [2.45, 2.75) is 18.0 Å². The zero-order chi connectivity index (χ0) is 22.1. The van der Waals surface area contributed by atoms with Gasteiger partial charge in [0.25, 0.3) is 10.1 Å². The number of halogens is 6. The molecule has 0 aliphatic heterocycles. The number of hydrogen-bond acceptors (Lipinski definition) is 7. The van der Waals surface area contributed by atoms with Crippen LogP contribution in [0.2, 0.25) is 0 Å². The number of alkyl halides is 6. The molecule has 4 N–H and O–H groups in total. The second-order valence-electron chi connectivity index (χ2n) is 5.21. The van der Waals surface area contributed by atoms with E-state index in [0.717, 1.165) is 0 Å². The molecule has 0 heterocycles. The van der Waals surface area contributed by atoms with Gasteiger partial charge in [0.1, 0.15) is 5.75 Å². The number of rotatable bonds is 5. The standard InChI is InChI=1S/C13H10F6O8S/c14-12(15,16)11(13(17,18)19,5-28(24,25)26)27-9(22)2-1-6-3-7(20)10(23)8(21)4-6/h1-4,20-21,23H,5H2,(H,24,25,26)/b2-1+. The summed E-state index contributed by atoms with van der Waals surface area (Å²) in [6, 6.07) is 1.36. The molecule has 0 aromatic heterocycles. The minimum Gasteiger partial charge on any atom is -0.504 e. The van der Waals surface area contributed by atoms with Crippen LogP contribution in [0.1, 0.15) is 5.56 Å². The molecule has 0 bridgehead atoms. The molecule has 0 amide bonds. The van der Waals surface area contributed by atoms with Crippen molar-refractivity contribution in [1.82, 2.24) is 0 Å². The third kappa shape index (κ3) is 5.19. The third-order valence-electron chi connectivity index (χ3n) is 3.08. The highest BCUT2D eigenvalue weighted by atomic mass is 32.2. The Morgan fingerprint density at radius 1 is 1.00 bits per heavy atom. The number of carbonyl (C=O) groups excluding carboxylic acids is 1. The van der Waals surface area contributed by atoms with Gasteiger partial charge in [0, 0.05) is 6.08 Å². The summed E-state index contributed by atoms with van der Waals surface area (Å²) in [5.74, 6) is -8.20. The van der Waals surface area contributed by atoms with Gasteiger partial charge in [-0.25, -0.2) is 4.79 Å². The van der Waals surface area contributed by atoms with Crippen molar-refractivity contribution >= 4 is 22.2 Å². The monoisotopic (exact) mass is 440 g/mol. The van der Waals surface area contributed by atoms with E-state index in [-0.39, 0.29) is 11.6 Å². The highest BCUT2D eigenvalue weighted by molar-refractivity contribution is 7.85. The van der Waals surface area contributed by atoms with Crippen LogP contribution in [-0.4, -0.2) is 58.0 Å². The molecule has 0 aliphatic rings. The maximum atomic E-state index is 13.0. The van der Waals surface area contributed by atoms with Gasteiger partial charge in [-0.3, -0.25) is 4.55 Å². The minimum absolute atomic E-state index is 0.00147. The van der Waals surface area contributed by atoms with Gasteiger partial charge >= 0.3 is 23.9 Å². The number of aromatic hydroxyl groups is 3. The van der Waals surface area contributed by atoms with E-state index in [1.807, 2.05) is 0 Å². The van der Waals surface area contributed by atoms with E-state index in [2.05, 4.69) is 4.74 Å². The van der Waals surface area contributed by atoms with Crippen molar-refractivity contribution in [2.24, 2.45) is 0 Å². The molecule has 0 saturated carbocycles. The summed E-state index contributed by atoms with van der Waals surface area (Å²) in [6.07, 6.45) is -12.5. The lowest BCUT2D eigenvalue weighted by atomic mass is 10.1. The van der Waals surface area contributed by atoms with Crippen molar-refractivity contribution in [3.8, 4) is 17.2 Å². The summed E-state index contributed by atoms with van der Waals surface area (Å²) in [5, 5.41) is 27.5. The highest BCUT2D eigenvalue weighted by Gasteiger charge is 2.75. The van der Waals surface area contributed by atoms with Gasteiger partial charge in [-0.1, -0.05) is 0 Å². The van der Waals surface area contributed by atoms with E-state index in [0.29, 0.717) is 18.2 Å². The lowest BCUT2D eigenvalue weighted by Gasteiger charge is -2.35. The van der Waals surface area contributed by atoms with Gasteiger partial charge in [-0.2, -0.15) is 34.8 Å². The molecule has 1 rings (SSSR count). The van der Waals surface area contributed by atoms with Gasteiger partial charge in [0.05, 0.1) is 0 Å². The number of phenolic OH excluding ortho intramolecular Hbond substituents is 3. The fraction of sp³-hybridized carbons (Fsp3) is 0.308. The molecule has 0 fully saturated rings. The Balaban J connectivity index is 3.31. The Morgan fingerprint density at radius 3 is 1.79 bits per heavy atom. The number of ether oxygens (including phenoxy) is 1. The number of benzene rings is 1. The van der Waals surface area contributed by atoms with Gasteiger partial charge in [-0.05, 0) is 23.8 Å². The first-order valence-electron chi connectivity index (χ1n) is 6.64. The molecule has 0 unspecified atom stereocenters. The van der Waals surface area contributed by atoms with Crippen LogP contribution in [0.25, 0.3) is 6.08 Å². The van der Waals surface area contributed by atoms with E-state index >= 15 is 0 Å². The van der Waals surface area contributed by atoms with Crippen LogP contribution in [0.3, 0.4) is 0 Å². The number of carbonyl (C=O) groups is 1. The molecule has 0 saturated heterocycles. The molecule has 1 aromatic rings. The molecular formula is C13H10F6O8S. The Bertz CT molecular complexity index is 850. The lowest BCUT2D eigenvalue weighted by molar-refractivity contribution is -0.360. The predicted octanol–water partition coefficient (Wildman–Crippen LogP) is 2.11. The van der Waals surface area contributed by atoms with E-state index in [9.17, 15) is 49.8 Å². The minimum atomic E-state index is -6.47. The average molecular weight is 440 g/mol. The van der Waals surface area contributed by atoms with Gasteiger partial charge in [0.2, 0.25) is 0 Å². The summed E-state index contributed by atoms with van der Waals surface area (Å²) in [5.41, 5.74) is -5.92. The van der Waals surface area contributed by atoms with E-state index in [1.54, 1.807) is 0 Å². The first-order valence-corrected chi connectivity index (χ1v) is 8.25. The van der Waals surface area contributed by atoms with Crippen molar-refractivity contribution in [3.05, 3.63) is 23.8 Å². The predicted molar refractivity (Wildman–Crippen MR) is 77.8 cm³/mol. The molecule has 0 aliphatic carbocycles. The molecule has 1 aromatic carbocycles. The van der Waals surface area contributed by atoms with Crippen LogP contribution in [0.5, 0.6) is 17.2 Å². The maximum absolute atomic E-state index is 13.0. The molecule has 0 atom stereocenters. The van der Waals surface area contributed by atoms with E-state index in [4.69, 9.17) is 9.66 Å². The van der Waals surface area contributed by atoms with E-state index in [1.165, 1.54) is 0 Å². The van der Waals surface area contributed by atoms with Crippen molar-refractivity contribution in [3.63, 3.8) is 0 Å². The Labute approximate surface area is 152 Å². The molecule has 15 heteroatoms. The Morgan fingerprint density at radius 2 is 1.43 bits per heavy atom. The molecule has 158 valence electrons. The topological polar surface area (TPSA) is 141 Å². The fourth-order valence-corrected chi connectivity index (χ4v) is 2.72. The second kappa shape index (κ2) is 7.38. The molecule has 0 spiro atoms. The van der Waals surface area contributed by atoms with Gasteiger partial charge in [-0.15, -0.1) is 0 Å². The Hall–Kier alpha value is -2.68. The first kappa shape index (κ1) is 23.4. The summed E-state index contributed by atoms with van der Waals surface area (Å²) < 4.78 is 111. The van der Waals surface area contributed by atoms with E-state index < -0.39 is 57.0 Å². The second-order valence-corrected chi connectivity index (χ2v) is 6.66. The van der Waals surface area contributed by atoms with Crippen molar-refractivity contribution < 1.29 is 64.2 Å². The molecule has 28 heavy (non-hydrogen) atoms. The SMILES string of the molecule is O=C(/C=C/c1cc(O)c(O)c(O)c1)OC(CS(=O)(=O)O)(C(F)(F)F)C(F)(F)F. The van der Waals surface area contributed by atoms with Crippen LogP contribution in [-0.2, 0) is 19.6 Å². The quantitative estimate of drug-likeness (QED) is 0.179. The van der Waals surface area contributed by atoms with Gasteiger partial charge < -0.3 is 20.1 Å². The summed E-state index contributed by atoms with van der Waals surface area (Å²) >= 11 is 0. The van der Waals surface area contributed by atoms with Crippen LogP contribution in [0.4, 0.5) is 26.3 Å². The molecule has 0 radical (unpaired) electrons. The first-order chi connectivity index (χ1) is 12.4.